The van der Waals surface area contributed by atoms with Crippen molar-refractivity contribution < 1.29 is 8.42 Å². The third kappa shape index (κ3) is 8.67. The van der Waals surface area contributed by atoms with Crippen LogP contribution in [0.3, 0.4) is 0 Å². The average Bonchev–Trinajstić information content (AvgIpc) is 1.96. The van der Waals surface area contributed by atoms with Gasteiger partial charge in [-0.2, -0.15) is 0 Å². The molecule has 0 aromatic rings. The third-order valence-corrected chi connectivity index (χ3v) is 3.53. The monoisotopic (exact) mass is 249 g/mol. The topological polar surface area (TPSA) is 96.0 Å². The van der Waals surface area contributed by atoms with Crippen LogP contribution in [0.15, 0.2) is 0 Å². The fourth-order valence-electron chi connectivity index (χ4n) is 1.18. The van der Waals surface area contributed by atoms with Gasteiger partial charge in [-0.15, -0.1) is 0 Å². The molecule has 0 aliphatic rings. The van der Waals surface area contributed by atoms with E-state index in [0.29, 0.717) is 6.42 Å². The lowest BCUT2D eigenvalue weighted by Gasteiger charge is -2.19. The fourth-order valence-corrected chi connectivity index (χ4v) is 2.87. The highest BCUT2D eigenvalue weighted by atomic mass is 32.2. The van der Waals surface area contributed by atoms with Gasteiger partial charge in [0.15, 0.2) is 0 Å². The molecule has 0 fully saturated rings. The van der Waals surface area contributed by atoms with Gasteiger partial charge in [0.1, 0.15) is 0 Å². The molecular weight excluding hydrogens is 226 g/mol. The normalized spacial score (nSPS) is 14.8. The molecule has 6 heteroatoms. The molecule has 0 saturated heterocycles. The van der Waals surface area contributed by atoms with Crippen LogP contribution in [-0.2, 0) is 10.0 Å². The van der Waals surface area contributed by atoms with Crippen molar-refractivity contribution in [2.24, 2.45) is 11.1 Å². The second-order valence-electron chi connectivity index (χ2n) is 5.38. The predicted molar refractivity (Wildman–Crippen MR) is 67.0 cm³/mol. The molecule has 16 heavy (non-hydrogen) atoms. The molecule has 0 saturated carbocycles. The minimum atomic E-state index is -3.26. The average molecular weight is 249 g/mol. The van der Waals surface area contributed by atoms with Crippen LogP contribution in [0.1, 0.15) is 40.5 Å². The van der Waals surface area contributed by atoms with Crippen LogP contribution in [0.4, 0.5) is 0 Å². The molecule has 0 heterocycles. The summed E-state index contributed by atoms with van der Waals surface area (Å²) in [6, 6.07) is -0.317. The summed E-state index contributed by atoms with van der Waals surface area (Å²) in [5.74, 6) is 0.102. The maximum absolute atomic E-state index is 11.6. The van der Waals surface area contributed by atoms with Crippen molar-refractivity contribution in [2.45, 2.75) is 46.6 Å². The Balaban J connectivity index is 4.20. The quantitative estimate of drug-likeness (QED) is 0.485. The summed E-state index contributed by atoms with van der Waals surface area (Å²) in [5.41, 5.74) is 5.20. The SMILES string of the molecule is CC(CC(=N)N)NS(=O)(=O)CCC(C)(C)C. The first-order valence-corrected chi connectivity index (χ1v) is 7.00. The molecule has 96 valence electrons. The summed E-state index contributed by atoms with van der Waals surface area (Å²) >= 11 is 0. The van der Waals surface area contributed by atoms with Crippen molar-refractivity contribution in [2.75, 3.05) is 5.75 Å². The number of hydrogen-bond acceptors (Lipinski definition) is 3. The molecule has 0 radical (unpaired) electrons. The summed E-state index contributed by atoms with van der Waals surface area (Å²) in [6.07, 6.45) is 0.851. The number of nitrogens with two attached hydrogens (primary N) is 1. The second kappa shape index (κ2) is 5.63. The van der Waals surface area contributed by atoms with Crippen LogP contribution in [0.25, 0.3) is 0 Å². The zero-order valence-electron chi connectivity index (χ0n) is 10.5. The Morgan fingerprint density at radius 2 is 1.94 bits per heavy atom. The molecule has 0 aromatic carbocycles. The van der Waals surface area contributed by atoms with E-state index in [1.54, 1.807) is 6.92 Å². The van der Waals surface area contributed by atoms with E-state index in [4.69, 9.17) is 11.1 Å². The highest BCUT2D eigenvalue weighted by molar-refractivity contribution is 7.89. The Morgan fingerprint density at radius 3 is 2.31 bits per heavy atom. The molecule has 1 unspecified atom stereocenters. The molecule has 0 aromatic heterocycles. The molecule has 5 nitrogen and oxygen atoms in total. The van der Waals surface area contributed by atoms with Gasteiger partial charge in [-0.1, -0.05) is 20.8 Å². The van der Waals surface area contributed by atoms with Crippen molar-refractivity contribution in [1.82, 2.24) is 4.72 Å². The van der Waals surface area contributed by atoms with Crippen molar-refractivity contribution in [1.29, 1.82) is 5.41 Å². The van der Waals surface area contributed by atoms with E-state index < -0.39 is 10.0 Å². The number of amidine groups is 1. The van der Waals surface area contributed by atoms with Crippen molar-refractivity contribution >= 4 is 15.9 Å². The smallest absolute Gasteiger partial charge is 0.211 e. The van der Waals surface area contributed by atoms with Crippen LogP contribution in [0.2, 0.25) is 0 Å². The number of rotatable bonds is 6. The largest absolute Gasteiger partial charge is 0.388 e. The number of hydrogen-bond donors (Lipinski definition) is 3. The lowest BCUT2D eigenvalue weighted by atomic mass is 9.94. The van der Waals surface area contributed by atoms with Gasteiger partial charge in [0.2, 0.25) is 10.0 Å². The molecular formula is C10H23N3O2S. The summed E-state index contributed by atoms with van der Waals surface area (Å²) in [4.78, 5) is 0. The molecule has 0 spiro atoms. The first-order chi connectivity index (χ1) is 7.02. The lowest BCUT2D eigenvalue weighted by molar-refractivity contribution is 0.396. The van der Waals surface area contributed by atoms with Crippen LogP contribution < -0.4 is 10.5 Å². The third-order valence-electron chi connectivity index (χ3n) is 2.03. The second-order valence-corrected chi connectivity index (χ2v) is 7.25. The predicted octanol–water partition coefficient (Wildman–Crippen LogP) is 1.06. The summed E-state index contributed by atoms with van der Waals surface area (Å²) in [6.45, 7) is 7.71. The summed E-state index contributed by atoms with van der Waals surface area (Å²) < 4.78 is 25.8. The Kier molecular flexibility index (Phi) is 5.41. The van der Waals surface area contributed by atoms with Gasteiger partial charge in [-0.05, 0) is 18.8 Å². The zero-order chi connectivity index (χ0) is 13.0. The standard InChI is InChI=1S/C10H23N3O2S/c1-8(7-9(11)12)13-16(14,15)6-5-10(2,3)4/h8,13H,5-7H2,1-4H3,(H3,11,12). The molecule has 0 amide bonds. The maximum atomic E-state index is 11.6. The van der Waals surface area contributed by atoms with Crippen LogP contribution in [-0.4, -0.2) is 26.0 Å². The summed E-state index contributed by atoms with van der Waals surface area (Å²) in [5, 5.41) is 7.08. The zero-order valence-corrected chi connectivity index (χ0v) is 11.3. The first-order valence-electron chi connectivity index (χ1n) is 5.35. The maximum Gasteiger partial charge on any atom is 0.211 e. The van der Waals surface area contributed by atoms with Gasteiger partial charge < -0.3 is 5.73 Å². The van der Waals surface area contributed by atoms with E-state index in [0.717, 1.165) is 0 Å². The van der Waals surface area contributed by atoms with Crippen molar-refractivity contribution in [3.63, 3.8) is 0 Å². The molecule has 0 rings (SSSR count). The van der Waals surface area contributed by atoms with E-state index in [9.17, 15) is 8.42 Å². The van der Waals surface area contributed by atoms with Crippen LogP contribution in [0, 0.1) is 10.8 Å². The molecule has 1 atom stereocenters. The van der Waals surface area contributed by atoms with Gasteiger partial charge in [-0.3, -0.25) is 5.41 Å². The molecule has 0 bridgehead atoms. The minimum absolute atomic E-state index is 0.00142. The Labute approximate surface area is 98.4 Å². The lowest BCUT2D eigenvalue weighted by Crippen LogP contribution is -2.37. The van der Waals surface area contributed by atoms with E-state index in [1.807, 2.05) is 20.8 Å². The highest BCUT2D eigenvalue weighted by Gasteiger charge is 2.19. The van der Waals surface area contributed by atoms with Gasteiger partial charge in [0.05, 0.1) is 11.6 Å². The summed E-state index contributed by atoms with van der Waals surface area (Å²) in [7, 11) is -3.26. The highest BCUT2D eigenvalue weighted by Crippen LogP contribution is 2.19. The van der Waals surface area contributed by atoms with Gasteiger partial charge in [0.25, 0.3) is 0 Å². The molecule has 0 aliphatic heterocycles. The number of nitrogens with one attached hydrogen (secondary N) is 2. The van der Waals surface area contributed by atoms with E-state index in [2.05, 4.69) is 4.72 Å². The van der Waals surface area contributed by atoms with Crippen molar-refractivity contribution in [3.05, 3.63) is 0 Å². The first kappa shape index (κ1) is 15.4. The van der Waals surface area contributed by atoms with Crippen LogP contribution in [0.5, 0.6) is 0 Å². The van der Waals surface area contributed by atoms with E-state index in [-0.39, 0.29) is 29.5 Å². The Hall–Kier alpha value is -0.620. The van der Waals surface area contributed by atoms with E-state index in [1.165, 1.54) is 0 Å². The molecule has 4 N–H and O–H groups in total. The minimum Gasteiger partial charge on any atom is -0.388 e. The van der Waals surface area contributed by atoms with Gasteiger partial charge in [-0.25, -0.2) is 13.1 Å². The van der Waals surface area contributed by atoms with Gasteiger partial charge in [0, 0.05) is 12.5 Å². The van der Waals surface area contributed by atoms with E-state index >= 15 is 0 Å². The van der Waals surface area contributed by atoms with Gasteiger partial charge >= 0.3 is 0 Å². The Morgan fingerprint density at radius 1 is 1.44 bits per heavy atom. The van der Waals surface area contributed by atoms with Crippen molar-refractivity contribution in [3.8, 4) is 0 Å². The Bertz CT molecular complexity index is 330. The molecule has 0 aliphatic carbocycles. The number of sulfonamides is 1. The van der Waals surface area contributed by atoms with Crippen LogP contribution >= 0.6 is 0 Å². The fraction of sp³-hybridized carbons (Fsp3) is 0.900.